The summed E-state index contributed by atoms with van der Waals surface area (Å²) < 4.78 is 0. The summed E-state index contributed by atoms with van der Waals surface area (Å²) in [5, 5.41) is 3.27. The lowest BCUT2D eigenvalue weighted by Gasteiger charge is -2.37. The molecule has 24 heavy (non-hydrogen) atoms. The van der Waals surface area contributed by atoms with E-state index in [4.69, 9.17) is 0 Å². The van der Waals surface area contributed by atoms with Crippen molar-refractivity contribution in [3.63, 3.8) is 0 Å². The summed E-state index contributed by atoms with van der Waals surface area (Å²) >= 11 is 0. The number of likely N-dealkylation sites (N-methyl/N-ethyl adjacent to an activating group) is 1. The van der Waals surface area contributed by atoms with Crippen LogP contribution in [0.2, 0.25) is 0 Å². The van der Waals surface area contributed by atoms with Gasteiger partial charge in [0.2, 0.25) is 0 Å². The Labute approximate surface area is 145 Å². The van der Waals surface area contributed by atoms with Crippen molar-refractivity contribution in [3.05, 3.63) is 30.3 Å². The fourth-order valence-corrected chi connectivity index (χ4v) is 3.70. The summed E-state index contributed by atoms with van der Waals surface area (Å²) in [4.78, 5) is 19.4. The smallest absolute Gasteiger partial charge is 0.317 e. The second-order valence-electron chi connectivity index (χ2n) is 6.85. The van der Waals surface area contributed by atoms with Crippen LogP contribution in [0.3, 0.4) is 0 Å². The number of piperazine rings is 1. The molecule has 2 heterocycles. The van der Waals surface area contributed by atoms with Crippen LogP contribution in [0.15, 0.2) is 30.3 Å². The van der Waals surface area contributed by atoms with Crippen molar-refractivity contribution in [2.45, 2.75) is 32.2 Å². The van der Waals surface area contributed by atoms with Gasteiger partial charge >= 0.3 is 6.03 Å². The Morgan fingerprint density at radius 2 is 1.83 bits per heavy atom. The number of amides is 2. The molecule has 2 amide bonds. The largest absolute Gasteiger partial charge is 0.368 e. The monoisotopic (exact) mass is 330 g/mol. The SMILES string of the molecule is CCN1CCCCC(NC(=O)N2CCN(c3ccccc3)CC2)C1. The van der Waals surface area contributed by atoms with Gasteiger partial charge in [0.15, 0.2) is 0 Å². The van der Waals surface area contributed by atoms with Crippen LogP contribution in [0.4, 0.5) is 10.5 Å². The van der Waals surface area contributed by atoms with Crippen molar-refractivity contribution in [3.8, 4) is 0 Å². The van der Waals surface area contributed by atoms with Crippen LogP contribution in [0.25, 0.3) is 0 Å². The molecule has 0 bridgehead atoms. The molecule has 1 atom stereocenters. The number of carbonyl (C=O) groups excluding carboxylic acids is 1. The molecular weight excluding hydrogens is 300 g/mol. The van der Waals surface area contributed by atoms with Gasteiger partial charge in [-0.1, -0.05) is 31.5 Å². The number of rotatable bonds is 3. The molecule has 1 unspecified atom stereocenters. The Kier molecular flexibility index (Phi) is 5.96. The van der Waals surface area contributed by atoms with Crippen molar-refractivity contribution in [2.75, 3.05) is 50.7 Å². The number of benzene rings is 1. The Balaban J connectivity index is 1.48. The average Bonchev–Trinajstić information content (AvgIpc) is 2.87. The molecule has 132 valence electrons. The summed E-state index contributed by atoms with van der Waals surface area (Å²) in [5.74, 6) is 0. The van der Waals surface area contributed by atoms with E-state index in [9.17, 15) is 4.79 Å². The van der Waals surface area contributed by atoms with E-state index in [1.54, 1.807) is 0 Å². The molecule has 0 radical (unpaired) electrons. The zero-order chi connectivity index (χ0) is 16.8. The molecule has 2 fully saturated rings. The zero-order valence-corrected chi connectivity index (χ0v) is 14.8. The average molecular weight is 330 g/mol. The minimum absolute atomic E-state index is 0.116. The maximum atomic E-state index is 12.6. The molecule has 0 spiro atoms. The number of hydrogen-bond acceptors (Lipinski definition) is 3. The molecule has 5 heteroatoms. The molecule has 2 aliphatic heterocycles. The first-order valence-electron chi connectivity index (χ1n) is 9.34. The summed E-state index contributed by atoms with van der Waals surface area (Å²) in [6.07, 6.45) is 3.56. The highest BCUT2D eigenvalue weighted by Crippen LogP contribution is 2.16. The maximum Gasteiger partial charge on any atom is 0.317 e. The van der Waals surface area contributed by atoms with E-state index in [2.05, 4.69) is 46.3 Å². The van der Waals surface area contributed by atoms with Crippen molar-refractivity contribution in [1.29, 1.82) is 0 Å². The lowest BCUT2D eigenvalue weighted by Crippen LogP contribution is -2.54. The quantitative estimate of drug-likeness (QED) is 0.925. The van der Waals surface area contributed by atoms with Crippen LogP contribution in [0.5, 0.6) is 0 Å². The summed E-state index contributed by atoms with van der Waals surface area (Å²) in [6.45, 7) is 8.84. The number of carbonyl (C=O) groups is 1. The molecular formula is C19H30N4O. The van der Waals surface area contributed by atoms with Gasteiger partial charge in [-0.05, 0) is 38.1 Å². The molecule has 0 saturated carbocycles. The molecule has 5 nitrogen and oxygen atoms in total. The number of hydrogen-bond donors (Lipinski definition) is 1. The van der Waals surface area contributed by atoms with Crippen LogP contribution in [0.1, 0.15) is 26.2 Å². The van der Waals surface area contributed by atoms with Crippen LogP contribution >= 0.6 is 0 Å². The molecule has 0 aliphatic carbocycles. The van der Waals surface area contributed by atoms with Crippen molar-refractivity contribution in [1.82, 2.24) is 15.1 Å². The molecule has 0 aromatic heterocycles. The normalized spacial score (nSPS) is 23.0. The fourth-order valence-electron chi connectivity index (χ4n) is 3.70. The second kappa shape index (κ2) is 8.38. The second-order valence-corrected chi connectivity index (χ2v) is 6.85. The van der Waals surface area contributed by atoms with Gasteiger partial charge in [-0.2, -0.15) is 0 Å². The van der Waals surface area contributed by atoms with Gasteiger partial charge < -0.3 is 20.0 Å². The zero-order valence-electron chi connectivity index (χ0n) is 14.8. The van der Waals surface area contributed by atoms with Crippen LogP contribution < -0.4 is 10.2 Å². The van der Waals surface area contributed by atoms with Crippen molar-refractivity contribution in [2.24, 2.45) is 0 Å². The molecule has 1 N–H and O–H groups in total. The molecule has 1 aromatic carbocycles. The lowest BCUT2D eigenvalue weighted by molar-refractivity contribution is 0.185. The van der Waals surface area contributed by atoms with Gasteiger partial charge in [0, 0.05) is 44.5 Å². The predicted molar refractivity (Wildman–Crippen MR) is 98.5 cm³/mol. The van der Waals surface area contributed by atoms with Crippen molar-refractivity contribution < 1.29 is 4.79 Å². The molecule has 1 aromatic rings. The van der Waals surface area contributed by atoms with Crippen LogP contribution in [-0.4, -0.2) is 67.7 Å². The first-order chi connectivity index (χ1) is 11.8. The van der Waals surface area contributed by atoms with E-state index in [0.717, 1.165) is 45.7 Å². The van der Waals surface area contributed by atoms with E-state index in [1.807, 2.05) is 11.0 Å². The maximum absolute atomic E-state index is 12.6. The van der Waals surface area contributed by atoms with Crippen molar-refractivity contribution >= 4 is 11.7 Å². The summed E-state index contributed by atoms with van der Waals surface area (Å²) in [5.41, 5.74) is 1.25. The minimum atomic E-state index is 0.116. The minimum Gasteiger partial charge on any atom is -0.368 e. The molecule has 2 saturated heterocycles. The summed E-state index contributed by atoms with van der Waals surface area (Å²) in [6, 6.07) is 10.9. The third kappa shape index (κ3) is 4.41. The number of para-hydroxylation sites is 1. The molecule has 3 rings (SSSR count). The van der Waals surface area contributed by atoms with E-state index < -0.39 is 0 Å². The van der Waals surface area contributed by atoms with Gasteiger partial charge in [0.25, 0.3) is 0 Å². The van der Waals surface area contributed by atoms with Gasteiger partial charge in [0.1, 0.15) is 0 Å². The Hall–Kier alpha value is -1.75. The van der Waals surface area contributed by atoms with Gasteiger partial charge in [-0.3, -0.25) is 0 Å². The fraction of sp³-hybridized carbons (Fsp3) is 0.632. The molecule has 2 aliphatic rings. The summed E-state index contributed by atoms with van der Waals surface area (Å²) in [7, 11) is 0. The van der Waals surface area contributed by atoms with E-state index >= 15 is 0 Å². The van der Waals surface area contributed by atoms with Gasteiger partial charge in [-0.25, -0.2) is 4.79 Å². The Bertz CT molecular complexity index is 513. The number of nitrogens with one attached hydrogen (secondary N) is 1. The van der Waals surface area contributed by atoms with Gasteiger partial charge in [-0.15, -0.1) is 0 Å². The van der Waals surface area contributed by atoms with Crippen LogP contribution in [0, 0.1) is 0 Å². The van der Waals surface area contributed by atoms with Gasteiger partial charge in [0.05, 0.1) is 0 Å². The first kappa shape index (κ1) is 17.1. The Morgan fingerprint density at radius 3 is 2.54 bits per heavy atom. The number of likely N-dealkylation sites (tertiary alicyclic amines) is 1. The highest BCUT2D eigenvalue weighted by molar-refractivity contribution is 5.75. The number of nitrogens with zero attached hydrogens (tertiary/aromatic N) is 3. The standard InChI is InChI=1S/C19H30N4O/c1-2-21-11-7-6-8-17(16-21)20-19(24)23-14-12-22(13-15-23)18-9-4-3-5-10-18/h3-5,9-10,17H,2,6-8,11-16H2,1H3,(H,20,24). The topological polar surface area (TPSA) is 38.8 Å². The Morgan fingerprint density at radius 1 is 1.08 bits per heavy atom. The third-order valence-corrected chi connectivity index (χ3v) is 5.22. The van der Waals surface area contributed by atoms with E-state index in [1.165, 1.54) is 25.1 Å². The lowest BCUT2D eigenvalue weighted by atomic mass is 10.1. The number of anilines is 1. The van der Waals surface area contributed by atoms with E-state index in [0.29, 0.717) is 6.04 Å². The van der Waals surface area contributed by atoms with Crippen LogP contribution in [-0.2, 0) is 0 Å². The highest BCUT2D eigenvalue weighted by Gasteiger charge is 2.24. The third-order valence-electron chi connectivity index (χ3n) is 5.22. The first-order valence-corrected chi connectivity index (χ1v) is 9.34. The predicted octanol–water partition coefficient (Wildman–Crippen LogP) is 2.39. The highest BCUT2D eigenvalue weighted by atomic mass is 16.2. The van der Waals surface area contributed by atoms with E-state index in [-0.39, 0.29) is 6.03 Å². The number of urea groups is 1.